The van der Waals surface area contributed by atoms with Crippen LogP contribution in [0.5, 0.6) is 0 Å². The molecule has 0 aliphatic heterocycles. The lowest BCUT2D eigenvalue weighted by Crippen LogP contribution is -2.44. The van der Waals surface area contributed by atoms with Crippen molar-refractivity contribution >= 4 is 17.8 Å². The Bertz CT molecular complexity index is 292. The number of carbonyl (C=O) groups excluding carboxylic acids is 3. The van der Waals surface area contributed by atoms with Gasteiger partial charge in [0, 0.05) is 29.8 Å². The smallest absolute Gasteiger partial charge is 0.221 e. The van der Waals surface area contributed by atoms with Crippen LogP contribution in [0.15, 0.2) is 0 Å². The molecule has 0 rings (SSSR count). The molecule has 1 atom stereocenters. The van der Waals surface area contributed by atoms with Crippen molar-refractivity contribution < 1.29 is 24.6 Å². The summed E-state index contributed by atoms with van der Waals surface area (Å²) in [5.74, 6) is -4.96. The van der Waals surface area contributed by atoms with Crippen molar-refractivity contribution in [2.45, 2.75) is 39.2 Å². The van der Waals surface area contributed by atoms with E-state index in [9.17, 15) is 24.6 Å². The van der Waals surface area contributed by atoms with E-state index in [-0.39, 0.29) is 0 Å². The average Bonchev–Trinajstić information content (AvgIpc) is 1.97. The second-order valence-corrected chi connectivity index (χ2v) is 4.59. The fourth-order valence-corrected chi connectivity index (χ4v) is 1.13. The van der Waals surface area contributed by atoms with Gasteiger partial charge < -0.3 is 25.1 Å². The second-order valence-electron chi connectivity index (χ2n) is 4.59. The highest BCUT2D eigenvalue weighted by Gasteiger charge is 2.19. The van der Waals surface area contributed by atoms with Gasteiger partial charge in [0.15, 0.2) is 0 Å². The Morgan fingerprint density at radius 1 is 1.12 bits per heavy atom. The first-order chi connectivity index (χ1) is 7.11. The van der Waals surface area contributed by atoms with Crippen molar-refractivity contribution in [2.75, 3.05) is 0 Å². The van der Waals surface area contributed by atoms with Crippen molar-refractivity contribution in [2.24, 2.45) is 5.92 Å². The van der Waals surface area contributed by atoms with Gasteiger partial charge in [-0.1, -0.05) is 0 Å². The molecule has 0 saturated heterocycles. The van der Waals surface area contributed by atoms with Crippen LogP contribution in [0.4, 0.5) is 0 Å². The zero-order chi connectivity index (χ0) is 12.9. The lowest BCUT2D eigenvalue weighted by molar-refractivity contribution is -0.320. The predicted octanol–water partition coefficient (Wildman–Crippen LogP) is -2.20. The molecule has 0 aromatic carbocycles. The molecule has 0 bridgehead atoms. The molecule has 1 N–H and O–H groups in total. The summed E-state index contributed by atoms with van der Waals surface area (Å²) in [5.41, 5.74) is -0.491. The van der Waals surface area contributed by atoms with Crippen molar-refractivity contribution in [3.63, 3.8) is 0 Å². The third-order valence-electron chi connectivity index (χ3n) is 1.69. The van der Waals surface area contributed by atoms with Gasteiger partial charge in [-0.3, -0.25) is 4.79 Å². The van der Waals surface area contributed by atoms with E-state index < -0.39 is 42.1 Å². The van der Waals surface area contributed by atoms with E-state index in [0.29, 0.717) is 0 Å². The Morgan fingerprint density at radius 2 is 1.62 bits per heavy atom. The summed E-state index contributed by atoms with van der Waals surface area (Å²) in [4.78, 5) is 32.1. The molecular formula is C10H15NO5-2. The third-order valence-corrected chi connectivity index (χ3v) is 1.69. The molecule has 0 spiro atoms. The van der Waals surface area contributed by atoms with Crippen LogP contribution in [0.2, 0.25) is 0 Å². The van der Waals surface area contributed by atoms with Crippen LogP contribution >= 0.6 is 0 Å². The molecule has 16 heavy (non-hydrogen) atoms. The quantitative estimate of drug-likeness (QED) is 0.575. The van der Waals surface area contributed by atoms with Gasteiger partial charge in [0.2, 0.25) is 5.91 Å². The fourth-order valence-electron chi connectivity index (χ4n) is 1.13. The van der Waals surface area contributed by atoms with E-state index in [2.05, 4.69) is 5.32 Å². The van der Waals surface area contributed by atoms with E-state index in [1.54, 1.807) is 20.8 Å². The number of aliphatic carboxylic acids is 2. The molecule has 1 unspecified atom stereocenters. The number of carboxylic acid groups (broad SMARTS) is 2. The fraction of sp³-hybridized carbons (Fsp3) is 0.700. The van der Waals surface area contributed by atoms with Crippen molar-refractivity contribution in [1.82, 2.24) is 5.32 Å². The SMILES string of the molecule is CC(C)(C)NC(=O)CC(CC(=O)[O-])C(=O)[O-]. The first-order valence-electron chi connectivity index (χ1n) is 4.83. The minimum absolute atomic E-state index is 0.423. The van der Waals surface area contributed by atoms with Gasteiger partial charge in [0.25, 0.3) is 0 Å². The molecule has 0 aromatic heterocycles. The van der Waals surface area contributed by atoms with Crippen LogP contribution in [-0.2, 0) is 14.4 Å². The van der Waals surface area contributed by atoms with Crippen molar-refractivity contribution in [1.29, 1.82) is 0 Å². The summed E-state index contributed by atoms with van der Waals surface area (Å²) in [7, 11) is 0. The van der Waals surface area contributed by atoms with Crippen molar-refractivity contribution in [3.05, 3.63) is 0 Å². The highest BCUT2D eigenvalue weighted by atomic mass is 16.4. The molecule has 0 aromatic rings. The standard InChI is InChI=1S/C10H17NO5/c1-10(2,3)11-7(12)4-6(9(15)16)5-8(13)14/h6H,4-5H2,1-3H3,(H,11,12)(H,13,14)(H,15,16)/p-2. The largest absolute Gasteiger partial charge is 0.550 e. The Balaban J connectivity index is 4.35. The van der Waals surface area contributed by atoms with Crippen LogP contribution in [0.1, 0.15) is 33.6 Å². The molecule has 0 aliphatic rings. The number of carbonyl (C=O) groups is 3. The third kappa shape index (κ3) is 6.80. The van der Waals surface area contributed by atoms with E-state index in [4.69, 9.17) is 0 Å². The van der Waals surface area contributed by atoms with Gasteiger partial charge in [-0.15, -0.1) is 0 Å². The summed E-state index contributed by atoms with van der Waals surface area (Å²) >= 11 is 0. The molecule has 92 valence electrons. The summed E-state index contributed by atoms with van der Waals surface area (Å²) in [6.45, 7) is 5.20. The molecule has 0 heterocycles. The molecular weight excluding hydrogens is 214 g/mol. The van der Waals surface area contributed by atoms with E-state index >= 15 is 0 Å². The Kier molecular flexibility index (Phi) is 4.94. The monoisotopic (exact) mass is 229 g/mol. The topological polar surface area (TPSA) is 109 Å². The summed E-state index contributed by atoms with van der Waals surface area (Å²) in [5, 5.41) is 23.3. The summed E-state index contributed by atoms with van der Waals surface area (Å²) < 4.78 is 0. The van der Waals surface area contributed by atoms with Crippen LogP contribution in [0.25, 0.3) is 0 Å². The van der Waals surface area contributed by atoms with Gasteiger partial charge in [-0.25, -0.2) is 0 Å². The van der Waals surface area contributed by atoms with Gasteiger partial charge >= 0.3 is 0 Å². The summed E-state index contributed by atoms with van der Waals surface area (Å²) in [6, 6.07) is 0. The normalized spacial score (nSPS) is 12.9. The molecule has 0 fully saturated rings. The predicted molar refractivity (Wildman–Crippen MR) is 50.6 cm³/mol. The maximum Gasteiger partial charge on any atom is 0.221 e. The van der Waals surface area contributed by atoms with Crippen LogP contribution < -0.4 is 15.5 Å². The molecule has 1 amide bonds. The maximum absolute atomic E-state index is 11.3. The minimum Gasteiger partial charge on any atom is -0.550 e. The lowest BCUT2D eigenvalue weighted by atomic mass is 10.00. The van der Waals surface area contributed by atoms with Crippen LogP contribution in [0.3, 0.4) is 0 Å². The van der Waals surface area contributed by atoms with Crippen LogP contribution in [-0.4, -0.2) is 23.4 Å². The second kappa shape index (κ2) is 5.48. The number of carboxylic acids is 2. The Morgan fingerprint density at radius 3 is 1.94 bits per heavy atom. The number of rotatable bonds is 5. The van der Waals surface area contributed by atoms with Gasteiger partial charge in [0.05, 0.1) is 0 Å². The zero-order valence-electron chi connectivity index (χ0n) is 9.53. The van der Waals surface area contributed by atoms with E-state index in [1.165, 1.54) is 0 Å². The number of hydrogen-bond acceptors (Lipinski definition) is 5. The highest BCUT2D eigenvalue weighted by molar-refractivity contribution is 5.84. The molecule has 6 nitrogen and oxygen atoms in total. The minimum atomic E-state index is -1.56. The number of amides is 1. The van der Waals surface area contributed by atoms with E-state index in [0.717, 1.165) is 0 Å². The lowest BCUT2D eigenvalue weighted by Gasteiger charge is -2.23. The van der Waals surface area contributed by atoms with Gasteiger partial charge in [-0.05, 0) is 27.2 Å². The number of hydrogen-bond donors (Lipinski definition) is 1. The van der Waals surface area contributed by atoms with E-state index in [1.807, 2.05) is 0 Å². The zero-order valence-corrected chi connectivity index (χ0v) is 9.53. The molecule has 0 saturated carbocycles. The van der Waals surface area contributed by atoms with Gasteiger partial charge in [0.1, 0.15) is 0 Å². The molecule has 0 aliphatic carbocycles. The molecule has 0 radical (unpaired) electrons. The average molecular weight is 229 g/mol. The van der Waals surface area contributed by atoms with Crippen LogP contribution in [0, 0.1) is 5.92 Å². The summed E-state index contributed by atoms with van der Waals surface area (Å²) in [6.07, 6.45) is -1.15. The Hall–Kier alpha value is -1.59. The molecule has 6 heteroatoms. The first kappa shape index (κ1) is 14.4. The van der Waals surface area contributed by atoms with Crippen molar-refractivity contribution in [3.8, 4) is 0 Å². The first-order valence-corrected chi connectivity index (χ1v) is 4.83. The number of nitrogens with one attached hydrogen (secondary N) is 1. The highest BCUT2D eigenvalue weighted by Crippen LogP contribution is 2.09. The maximum atomic E-state index is 11.3. The van der Waals surface area contributed by atoms with Gasteiger partial charge in [-0.2, -0.15) is 0 Å². The Labute approximate surface area is 93.6 Å².